The molecule has 18 heteroatoms. The molecule has 3 aliphatic heterocycles. The van der Waals surface area contributed by atoms with Gasteiger partial charge in [-0.15, -0.1) is 5.10 Å². The van der Waals surface area contributed by atoms with Gasteiger partial charge in [-0.05, 0) is 81.2 Å². The molecule has 4 aromatic rings. The number of benzene rings is 2. The number of carbonyl (C=O) groups excluding carboxylic acids is 4. The van der Waals surface area contributed by atoms with E-state index in [-0.39, 0.29) is 55.4 Å². The summed E-state index contributed by atoms with van der Waals surface area (Å²) < 4.78 is 13.8. The largest absolute Gasteiger partial charge is 0.495 e. The lowest BCUT2D eigenvalue weighted by molar-refractivity contribution is -0.137. The summed E-state index contributed by atoms with van der Waals surface area (Å²) in [5, 5.41) is 24.8. The minimum Gasteiger partial charge on any atom is -0.495 e. The van der Waals surface area contributed by atoms with Crippen LogP contribution in [-0.4, -0.2) is 135 Å². The van der Waals surface area contributed by atoms with Crippen LogP contribution in [0.1, 0.15) is 112 Å². The predicted octanol–water partition coefficient (Wildman–Crippen LogP) is 4.99. The van der Waals surface area contributed by atoms with Crippen LogP contribution in [-0.2, 0) is 25.7 Å². The van der Waals surface area contributed by atoms with Gasteiger partial charge in [-0.25, -0.2) is 9.67 Å². The van der Waals surface area contributed by atoms with Gasteiger partial charge in [0, 0.05) is 68.3 Å². The molecule has 18 nitrogen and oxygen atoms in total. The van der Waals surface area contributed by atoms with Gasteiger partial charge in [0.2, 0.25) is 23.7 Å². The number of hydrogen-bond donors (Lipinski definition) is 3. The number of nitrogens with one attached hydrogen (secondary N) is 2. The van der Waals surface area contributed by atoms with Gasteiger partial charge in [0.25, 0.3) is 5.91 Å². The molecule has 2 aromatic heterocycles. The Balaban J connectivity index is 0.754. The zero-order chi connectivity index (χ0) is 47.3. The molecule has 5 heterocycles. The predicted molar refractivity (Wildman–Crippen MR) is 254 cm³/mol. The SMILES string of the molecule is CC[C@@H]1C(=O)N(C)c2cnc(Nc3ccc(-c4cn(C5CCC(N(CCO)CCOCCC#Cc6cccc7c6CN(C6CCC(=O)NC6=O)C7=O)CC5)nn4)cc3OC)nc2N1C1CCCC1. The summed E-state index contributed by atoms with van der Waals surface area (Å²) in [6.07, 6.45) is 13.7. The van der Waals surface area contributed by atoms with E-state index >= 15 is 0 Å². The van der Waals surface area contributed by atoms with Crippen LogP contribution < -0.4 is 25.2 Å². The standard InChI is InChI=1S/C50H61N11O7/c1-4-41-49(66)57(2)43-29-51-50(54-46(43)61(41)36-12-5-6-13-36)52-39-20-15-33(28-44(39)67-3)40-31-60(56-55-40)35-18-16-34(17-19-35)58(23-25-62)24-27-68-26-8-7-10-32-11-9-14-37-38(32)30-59(48(37)65)42-21-22-45(63)53-47(42)64/h9,11,14-15,20,28-29,31,34-36,41-42,62H,4-6,8,12-13,16-19,21-27,30H2,1-3H3,(H,51,52,54)(H,53,63,64)/t34?,35?,41-,42?/m1/s1. The molecule has 9 rings (SSSR count). The fourth-order valence-electron chi connectivity index (χ4n) is 10.7. The van der Waals surface area contributed by atoms with Gasteiger partial charge in [0.05, 0.1) is 51.1 Å². The Morgan fingerprint density at radius 1 is 0.985 bits per heavy atom. The third-order valence-corrected chi connectivity index (χ3v) is 14.3. The van der Waals surface area contributed by atoms with Crippen molar-refractivity contribution in [2.45, 2.75) is 121 Å². The molecular formula is C50H61N11O7. The topological polar surface area (TPSA) is 200 Å². The number of amides is 4. The fraction of sp³-hybridized carbons (Fsp3) is 0.520. The molecule has 68 heavy (non-hydrogen) atoms. The van der Waals surface area contributed by atoms with E-state index in [2.05, 4.69) is 54.5 Å². The first-order valence-corrected chi connectivity index (χ1v) is 24.1. The van der Waals surface area contributed by atoms with Crippen LogP contribution in [0.15, 0.2) is 48.8 Å². The minimum atomic E-state index is -0.666. The number of aliphatic hydroxyl groups excluding tert-OH is 1. The molecule has 3 N–H and O–H groups in total. The molecule has 5 aliphatic rings. The van der Waals surface area contributed by atoms with E-state index < -0.39 is 11.9 Å². The van der Waals surface area contributed by atoms with Gasteiger partial charge in [0.1, 0.15) is 29.2 Å². The highest BCUT2D eigenvalue weighted by atomic mass is 16.5. The van der Waals surface area contributed by atoms with E-state index in [1.807, 2.05) is 35.1 Å². The Morgan fingerprint density at radius 2 is 1.81 bits per heavy atom. The second-order valence-electron chi connectivity index (χ2n) is 18.3. The number of imide groups is 1. The molecule has 4 amide bonds. The summed E-state index contributed by atoms with van der Waals surface area (Å²) in [4.78, 5) is 68.0. The fourth-order valence-corrected chi connectivity index (χ4v) is 10.7. The maximum absolute atomic E-state index is 13.4. The molecule has 358 valence electrons. The Hall–Kier alpha value is -6.42. The van der Waals surface area contributed by atoms with Gasteiger partial charge < -0.3 is 34.6 Å². The lowest BCUT2D eigenvalue weighted by Gasteiger charge is -2.43. The highest BCUT2D eigenvalue weighted by Crippen LogP contribution is 2.41. The third kappa shape index (κ3) is 9.65. The number of aliphatic hydroxyl groups is 1. The molecule has 2 aliphatic carbocycles. The quantitative estimate of drug-likeness (QED) is 0.0772. The van der Waals surface area contributed by atoms with E-state index in [9.17, 15) is 24.3 Å². The summed E-state index contributed by atoms with van der Waals surface area (Å²) >= 11 is 0. The number of carbonyl (C=O) groups is 4. The van der Waals surface area contributed by atoms with Crippen molar-refractivity contribution in [2.75, 3.05) is 62.2 Å². The van der Waals surface area contributed by atoms with Crippen molar-refractivity contribution in [3.05, 3.63) is 65.5 Å². The van der Waals surface area contributed by atoms with Gasteiger partial charge in [-0.3, -0.25) is 29.4 Å². The third-order valence-electron chi connectivity index (χ3n) is 14.3. The maximum Gasteiger partial charge on any atom is 0.255 e. The smallest absolute Gasteiger partial charge is 0.255 e. The zero-order valence-corrected chi connectivity index (χ0v) is 39.2. The van der Waals surface area contributed by atoms with Crippen molar-refractivity contribution < 1.29 is 33.8 Å². The highest BCUT2D eigenvalue weighted by molar-refractivity contribution is 6.06. The van der Waals surface area contributed by atoms with E-state index in [1.54, 1.807) is 37.4 Å². The number of anilines is 4. The van der Waals surface area contributed by atoms with Gasteiger partial charge in [-0.2, -0.15) is 4.98 Å². The number of piperidine rings is 1. The van der Waals surface area contributed by atoms with Crippen LogP contribution in [0.2, 0.25) is 0 Å². The van der Waals surface area contributed by atoms with E-state index in [4.69, 9.17) is 14.5 Å². The van der Waals surface area contributed by atoms with Crippen LogP contribution in [0.4, 0.5) is 23.1 Å². The second-order valence-corrected chi connectivity index (χ2v) is 18.3. The van der Waals surface area contributed by atoms with E-state index in [0.29, 0.717) is 74.6 Å². The number of hydrogen-bond acceptors (Lipinski definition) is 14. The molecule has 1 saturated heterocycles. The average Bonchev–Trinajstić information content (AvgIpc) is 4.14. The zero-order valence-electron chi connectivity index (χ0n) is 39.2. The van der Waals surface area contributed by atoms with Crippen LogP contribution in [0.3, 0.4) is 0 Å². The van der Waals surface area contributed by atoms with Crippen molar-refractivity contribution in [1.82, 2.24) is 40.1 Å². The Morgan fingerprint density at radius 3 is 2.57 bits per heavy atom. The van der Waals surface area contributed by atoms with Gasteiger partial charge >= 0.3 is 0 Å². The van der Waals surface area contributed by atoms with Gasteiger partial charge in [0.15, 0.2) is 5.82 Å². The molecule has 2 saturated carbocycles. The van der Waals surface area contributed by atoms with E-state index in [1.165, 1.54) is 4.90 Å². The average molecular weight is 928 g/mol. The van der Waals surface area contributed by atoms with Crippen molar-refractivity contribution in [2.24, 2.45) is 0 Å². The Kier molecular flexibility index (Phi) is 14.3. The monoisotopic (exact) mass is 927 g/mol. The molecule has 2 atom stereocenters. The Bertz CT molecular complexity index is 2580. The first-order valence-electron chi connectivity index (χ1n) is 24.1. The molecule has 0 spiro atoms. The first kappa shape index (κ1) is 46.7. The van der Waals surface area contributed by atoms with Gasteiger partial charge in [-0.1, -0.05) is 49.0 Å². The number of fused-ring (bicyclic) bond motifs is 2. The molecule has 3 fully saturated rings. The summed E-state index contributed by atoms with van der Waals surface area (Å²) in [5.74, 6) is 7.34. The normalized spacial score (nSPS) is 21.8. The van der Waals surface area contributed by atoms with E-state index in [0.717, 1.165) is 85.3 Å². The number of rotatable bonds is 16. The molecule has 0 bridgehead atoms. The minimum absolute atomic E-state index is 0.0684. The molecule has 0 radical (unpaired) electrons. The van der Waals surface area contributed by atoms with Crippen LogP contribution >= 0.6 is 0 Å². The van der Waals surface area contributed by atoms with Crippen LogP contribution in [0.5, 0.6) is 5.75 Å². The van der Waals surface area contributed by atoms with Crippen molar-refractivity contribution in [3.8, 4) is 28.8 Å². The van der Waals surface area contributed by atoms with Crippen LogP contribution in [0, 0.1) is 11.8 Å². The molecule has 1 unspecified atom stereocenters. The Labute approximate surface area is 396 Å². The van der Waals surface area contributed by atoms with Crippen molar-refractivity contribution >= 4 is 46.8 Å². The lowest BCUT2D eigenvalue weighted by Crippen LogP contribution is -2.55. The molecular weight excluding hydrogens is 867 g/mol. The van der Waals surface area contributed by atoms with Crippen molar-refractivity contribution in [1.29, 1.82) is 0 Å². The number of likely N-dealkylation sites (N-methyl/N-ethyl adjacent to an activating group) is 1. The number of methoxy groups -OCH3 is 1. The molecule has 2 aromatic carbocycles. The first-order chi connectivity index (χ1) is 33.1. The van der Waals surface area contributed by atoms with Crippen molar-refractivity contribution in [3.63, 3.8) is 0 Å². The highest BCUT2D eigenvalue weighted by Gasteiger charge is 2.42. The maximum atomic E-state index is 13.4. The summed E-state index contributed by atoms with van der Waals surface area (Å²) in [5.41, 5.74) is 5.15. The number of aromatic nitrogens is 5. The van der Waals surface area contributed by atoms with Crippen LogP contribution in [0.25, 0.3) is 11.3 Å². The number of ether oxygens (including phenoxy) is 2. The lowest BCUT2D eigenvalue weighted by atomic mass is 9.90. The second kappa shape index (κ2) is 20.8. The summed E-state index contributed by atoms with van der Waals surface area (Å²) in [6.45, 7) is 4.64. The summed E-state index contributed by atoms with van der Waals surface area (Å²) in [7, 11) is 3.44. The summed E-state index contributed by atoms with van der Waals surface area (Å²) in [6, 6.07) is 11.2. The number of nitrogens with zero attached hydrogens (tertiary/aromatic N) is 9.